The monoisotopic (exact) mass is 564 g/mol. The summed E-state index contributed by atoms with van der Waals surface area (Å²) in [6, 6.07) is 13.3. The van der Waals surface area contributed by atoms with Crippen molar-refractivity contribution in [1.82, 2.24) is 9.80 Å². The molecule has 2 amide bonds. The number of benzene rings is 2. The van der Waals surface area contributed by atoms with Crippen LogP contribution in [0.3, 0.4) is 0 Å². The molecule has 2 aromatic carbocycles. The minimum absolute atomic E-state index is 0.114. The van der Waals surface area contributed by atoms with Crippen LogP contribution in [-0.4, -0.2) is 54.5 Å². The molecule has 1 atom stereocenters. The first-order chi connectivity index (χ1) is 18.2. The van der Waals surface area contributed by atoms with Gasteiger partial charge < -0.3 is 14.5 Å². The van der Waals surface area contributed by atoms with Gasteiger partial charge in [-0.25, -0.2) is 0 Å². The zero-order valence-electron chi connectivity index (χ0n) is 20.8. The number of carbonyl (C=O) groups is 2. The number of ether oxygens (including phenoxy) is 1. The molecule has 3 aromatic rings. The Kier molecular flexibility index (Phi) is 9.12. The smallest absolute Gasteiger partial charge is 0.382 e. The fourth-order valence-corrected chi connectivity index (χ4v) is 5.64. The Balaban J connectivity index is 1.60. The number of alkyl halides is 3. The Morgan fingerprint density at radius 2 is 1.92 bits per heavy atom. The molecule has 10 heteroatoms. The van der Waals surface area contributed by atoms with Gasteiger partial charge in [-0.05, 0) is 72.7 Å². The third kappa shape index (κ3) is 6.57. The average molecular weight is 565 g/mol. The van der Waals surface area contributed by atoms with Crippen molar-refractivity contribution < 1.29 is 27.5 Å². The average Bonchev–Trinajstić information content (AvgIpc) is 3.38. The lowest BCUT2D eigenvalue weighted by atomic mass is 9.93. The molecule has 1 aromatic heterocycles. The van der Waals surface area contributed by atoms with Crippen LogP contribution in [0, 0.1) is 0 Å². The minimum Gasteiger partial charge on any atom is -0.382 e. The van der Waals surface area contributed by atoms with E-state index in [9.17, 15) is 22.8 Å². The van der Waals surface area contributed by atoms with E-state index in [0.717, 1.165) is 23.3 Å². The van der Waals surface area contributed by atoms with Crippen molar-refractivity contribution >= 4 is 34.8 Å². The molecule has 2 heterocycles. The molecule has 0 saturated carbocycles. The molecular formula is C28H28ClF3N2O3S. The molecule has 0 bridgehead atoms. The number of carbonyl (C=O) groups excluding carboxylic acids is 2. The van der Waals surface area contributed by atoms with Gasteiger partial charge in [-0.2, -0.15) is 13.2 Å². The van der Waals surface area contributed by atoms with E-state index < -0.39 is 17.6 Å². The van der Waals surface area contributed by atoms with Crippen molar-refractivity contribution in [2.75, 3.05) is 32.8 Å². The van der Waals surface area contributed by atoms with Crippen LogP contribution in [-0.2, 0) is 22.1 Å². The number of hydrogen-bond acceptors (Lipinski definition) is 4. The Labute approximate surface area is 228 Å². The molecule has 5 nitrogen and oxygen atoms in total. The lowest BCUT2D eigenvalue weighted by Crippen LogP contribution is -2.47. The summed E-state index contributed by atoms with van der Waals surface area (Å²) in [4.78, 5) is 31.4. The Morgan fingerprint density at radius 3 is 2.63 bits per heavy atom. The maximum Gasteiger partial charge on any atom is 0.416 e. The number of amides is 2. The number of thiophene rings is 1. The third-order valence-electron chi connectivity index (χ3n) is 6.44. The molecule has 1 unspecified atom stereocenters. The van der Waals surface area contributed by atoms with Crippen molar-refractivity contribution in [3.63, 3.8) is 0 Å². The van der Waals surface area contributed by atoms with Crippen molar-refractivity contribution in [3.05, 3.63) is 92.1 Å². The lowest BCUT2D eigenvalue weighted by Gasteiger charge is -2.37. The molecule has 0 saturated heterocycles. The van der Waals surface area contributed by atoms with Crippen LogP contribution in [0.15, 0.2) is 60.0 Å². The van der Waals surface area contributed by atoms with Crippen LogP contribution in [0.5, 0.6) is 0 Å². The van der Waals surface area contributed by atoms with Crippen molar-refractivity contribution in [1.29, 1.82) is 0 Å². The standard InChI is InChI=1S/C28H28ClF3N2O3S/c1-2-37-15-4-13-33(27(36)20-5-3-6-21(17-20)28(30,31)32)18-25(35)34-14-11-24-23(12-16-38-24)26(34)19-7-9-22(29)10-8-19/h3,5-10,12,16-17,26H,2,4,11,13-15,18H2,1H3. The van der Waals surface area contributed by atoms with Gasteiger partial charge in [0.05, 0.1) is 11.6 Å². The van der Waals surface area contributed by atoms with Crippen LogP contribution in [0.1, 0.15) is 51.3 Å². The number of halogens is 4. The topological polar surface area (TPSA) is 49.9 Å². The van der Waals surface area contributed by atoms with E-state index in [-0.39, 0.29) is 30.6 Å². The molecule has 0 fully saturated rings. The molecule has 0 aliphatic carbocycles. The molecule has 0 spiro atoms. The predicted octanol–water partition coefficient (Wildman–Crippen LogP) is 6.46. The van der Waals surface area contributed by atoms with Crippen LogP contribution in [0.2, 0.25) is 5.02 Å². The van der Waals surface area contributed by atoms with Crippen molar-refractivity contribution in [2.24, 2.45) is 0 Å². The van der Waals surface area contributed by atoms with E-state index in [1.165, 1.54) is 21.9 Å². The second-order valence-corrected chi connectivity index (χ2v) is 10.4. The first-order valence-corrected chi connectivity index (χ1v) is 13.6. The summed E-state index contributed by atoms with van der Waals surface area (Å²) in [5, 5.41) is 2.58. The highest BCUT2D eigenvalue weighted by molar-refractivity contribution is 7.10. The van der Waals surface area contributed by atoms with Gasteiger partial charge in [0.25, 0.3) is 5.91 Å². The predicted molar refractivity (Wildman–Crippen MR) is 141 cm³/mol. The Bertz CT molecular complexity index is 1260. The third-order valence-corrected chi connectivity index (χ3v) is 7.69. The summed E-state index contributed by atoms with van der Waals surface area (Å²) in [6.45, 7) is 3.09. The summed E-state index contributed by atoms with van der Waals surface area (Å²) in [7, 11) is 0. The van der Waals surface area contributed by atoms with Gasteiger partial charge in [-0.15, -0.1) is 11.3 Å². The van der Waals surface area contributed by atoms with E-state index in [1.807, 2.05) is 30.5 Å². The fraction of sp³-hybridized carbons (Fsp3) is 0.357. The van der Waals surface area contributed by atoms with Crippen LogP contribution in [0.25, 0.3) is 0 Å². The summed E-state index contributed by atoms with van der Waals surface area (Å²) in [5.74, 6) is -0.907. The second kappa shape index (κ2) is 12.3. The lowest BCUT2D eigenvalue weighted by molar-refractivity contribution is -0.137. The SMILES string of the molecule is CCOCCCN(CC(=O)N1CCc2sccc2C1c1ccc(Cl)cc1)C(=O)c1cccc(C(F)(F)F)c1. The van der Waals surface area contributed by atoms with E-state index in [4.69, 9.17) is 16.3 Å². The largest absolute Gasteiger partial charge is 0.416 e. The molecule has 4 rings (SSSR count). The molecule has 1 aliphatic heterocycles. The Morgan fingerprint density at radius 1 is 1.16 bits per heavy atom. The van der Waals surface area contributed by atoms with Gasteiger partial charge in [-0.3, -0.25) is 9.59 Å². The van der Waals surface area contributed by atoms with Crippen molar-refractivity contribution in [2.45, 2.75) is 32.0 Å². The van der Waals surface area contributed by atoms with E-state index in [0.29, 0.717) is 37.6 Å². The van der Waals surface area contributed by atoms with Crippen LogP contribution < -0.4 is 0 Å². The Hall–Kier alpha value is -2.88. The number of rotatable bonds is 9. The second-order valence-electron chi connectivity index (χ2n) is 8.95. The molecule has 0 N–H and O–H groups in total. The number of fused-ring (bicyclic) bond motifs is 1. The highest BCUT2D eigenvalue weighted by Crippen LogP contribution is 2.38. The molecular weight excluding hydrogens is 537 g/mol. The summed E-state index contributed by atoms with van der Waals surface area (Å²) in [5.41, 5.74) is 0.906. The summed E-state index contributed by atoms with van der Waals surface area (Å²) >= 11 is 7.74. The van der Waals surface area contributed by atoms with Gasteiger partial charge in [0.2, 0.25) is 5.91 Å². The molecule has 38 heavy (non-hydrogen) atoms. The van der Waals surface area contributed by atoms with Crippen LogP contribution in [0.4, 0.5) is 13.2 Å². The number of nitrogens with zero attached hydrogens (tertiary/aromatic N) is 2. The van der Waals surface area contributed by atoms with Gasteiger partial charge in [0.15, 0.2) is 0 Å². The first-order valence-electron chi connectivity index (χ1n) is 12.3. The molecule has 1 aliphatic rings. The van der Waals surface area contributed by atoms with Gasteiger partial charge in [0, 0.05) is 41.8 Å². The van der Waals surface area contributed by atoms with E-state index in [2.05, 4.69) is 0 Å². The summed E-state index contributed by atoms with van der Waals surface area (Å²) in [6.07, 6.45) is -3.44. The number of hydrogen-bond donors (Lipinski definition) is 0. The normalized spacial score (nSPS) is 15.3. The van der Waals surface area contributed by atoms with Gasteiger partial charge in [0.1, 0.15) is 6.54 Å². The zero-order valence-corrected chi connectivity index (χ0v) is 22.4. The molecule has 202 valence electrons. The molecule has 0 radical (unpaired) electrons. The fourth-order valence-electron chi connectivity index (χ4n) is 4.61. The first kappa shape index (κ1) is 28.1. The quantitative estimate of drug-likeness (QED) is 0.280. The summed E-state index contributed by atoms with van der Waals surface area (Å²) < 4.78 is 45.2. The van der Waals surface area contributed by atoms with Gasteiger partial charge >= 0.3 is 6.18 Å². The van der Waals surface area contributed by atoms with Crippen molar-refractivity contribution in [3.8, 4) is 0 Å². The minimum atomic E-state index is -4.58. The zero-order chi connectivity index (χ0) is 27.3. The maximum absolute atomic E-state index is 13.7. The highest BCUT2D eigenvalue weighted by atomic mass is 35.5. The maximum atomic E-state index is 13.7. The van der Waals surface area contributed by atoms with E-state index >= 15 is 0 Å². The van der Waals surface area contributed by atoms with E-state index in [1.54, 1.807) is 28.4 Å². The van der Waals surface area contributed by atoms with Gasteiger partial charge in [-0.1, -0.05) is 29.8 Å². The van der Waals surface area contributed by atoms with Crippen LogP contribution >= 0.6 is 22.9 Å². The highest BCUT2D eigenvalue weighted by Gasteiger charge is 2.35.